The number of rotatable bonds is 2. The van der Waals surface area contributed by atoms with Crippen molar-refractivity contribution in [2.45, 2.75) is 0 Å². The summed E-state index contributed by atoms with van der Waals surface area (Å²) in [6.45, 7) is 1.06. The summed E-state index contributed by atoms with van der Waals surface area (Å²) in [5, 5.41) is 3.77. The summed E-state index contributed by atoms with van der Waals surface area (Å²) in [6, 6.07) is 11.2. The molecule has 0 aliphatic carbocycles. The minimum absolute atomic E-state index is 0.175. The minimum Gasteiger partial charge on any atom is -0.486 e. The summed E-state index contributed by atoms with van der Waals surface area (Å²) >= 11 is 3.43. The highest BCUT2D eigenvalue weighted by atomic mass is 79.9. The maximum atomic E-state index is 12.6. The first kappa shape index (κ1) is 14.1. The average Bonchev–Trinajstić information content (AvgIpc) is 2.98. The van der Waals surface area contributed by atoms with Crippen LogP contribution in [0.4, 0.5) is 5.69 Å². The van der Waals surface area contributed by atoms with Crippen molar-refractivity contribution in [2.75, 3.05) is 18.5 Å². The first-order chi connectivity index (χ1) is 11.2. The maximum absolute atomic E-state index is 12.6. The monoisotopic (exact) mass is 372 g/mol. The number of hydrogen-bond acceptors (Lipinski definition) is 3. The molecule has 116 valence electrons. The van der Waals surface area contributed by atoms with Crippen LogP contribution in [0.5, 0.6) is 11.5 Å². The molecule has 0 unspecified atom stereocenters. The Balaban J connectivity index is 1.63. The number of aromatic amines is 1. The molecule has 2 heterocycles. The Labute approximate surface area is 140 Å². The summed E-state index contributed by atoms with van der Waals surface area (Å²) in [6.07, 6.45) is 1.71. The molecular weight excluding hydrogens is 360 g/mol. The molecule has 0 radical (unpaired) electrons. The van der Waals surface area contributed by atoms with Gasteiger partial charge in [-0.1, -0.05) is 15.9 Å². The lowest BCUT2D eigenvalue weighted by Crippen LogP contribution is -2.16. The van der Waals surface area contributed by atoms with E-state index in [9.17, 15) is 4.79 Å². The zero-order valence-corrected chi connectivity index (χ0v) is 13.6. The third kappa shape index (κ3) is 2.66. The van der Waals surface area contributed by atoms with Gasteiger partial charge in [0.15, 0.2) is 11.5 Å². The molecule has 3 aromatic rings. The maximum Gasteiger partial charge on any atom is 0.257 e. The van der Waals surface area contributed by atoms with Gasteiger partial charge in [0.05, 0.1) is 5.56 Å². The van der Waals surface area contributed by atoms with Crippen LogP contribution in [0.3, 0.4) is 0 Å². The van der Waals surface area contributed by atoms with Gasteiger partial charge in [-0.25, -0.2) is 0 Å². The minimum atomic E-state index is -0.175. The predicted molar refractivity (Wildman–Crippen MR) is 91.4 cm³/mol. The number of carbonyl (C=O) groups excluding carboxylic acids is 1. The second-order valence-electron chi connectivity index (χ2n) is 5.20. The Kier molecular flexibility index (Phi) is 3.46. The molecule has 23 heavy (non-hydrogen) atoms. The molecule has 0 saturated heterocycles. The van der Waals surface area contributed by atoms with E-state index < -0.39 is 0 Å². The molecule has 1 aliphatic rings. The highest BCUT2D eigenvalue weighted by Crippen LogP contribution is 2.33. The van der Waals surface area contributed by atoms with Crippen molar-refractivity contribution < 1.29 is 14.3 Å². The molecule has 1 aromatic heterocycles. The highest BCUT2D eigenvalue weighted by Gasteiger charge is 2.15. The molecule has 5 nitrogen and oxygen atoms in total. The van der Waals surface area contributed by atoms with Crippen LogP contribution in [0.1, 0.15) is 10.4 Å². The van der Waals surface area contributed by atoms with Crippen molar-refractivity contribution in [2.24, 2.45) is 0 Å². The van der Waals surface area contributed by atoms with Crippen LogP contribution in [0, 0.1) is 0 Å². The van der Waals surface area contributed by atoms with Crippen LogP contribution < -0.4 is 14.8 Å². The number of fused-ring (bicyclic) bond motifs is 2. The van der Waals surface area contributed by atoms with E-state index in [0.717, 1.165) is 15.4 Å². The lowest BCUT2D eigenvalue weighted by Gasteiger charge is -2.18. The van der Waals surface area contributed by atoms with Gasteiger partial charge in [-0.15, -0.1) is 0 Å². The Bertz CT molecular complexity index is 904. The number of anilines is 1. The first-order valence-corrected chi connectivity index (χ1v) is 7.98. The lowest BCUT2D eigenvalue weighted by molar-refractivity contribution is 0.102. The lowest BCUT2D eigenvalue weighted by atomic mass is 10.1. The summed E-state index contributed by atoms with van der Waals surface area (Å²) in [5.74, 6) is 1.17. The van der Waals surface area contributed by atoms with Crippen molar-refractivity contribution in [3.05, 3.63) is 52.6 Å². The van der Waals surface area contributed by atoms with Crippen LogP contribution in [0.2, 0.25) is 0 Å². The third-order valence-electron chi connectivity index (χ3n) is 3.69. The number of benzene rings is 2. The zero-order valence-electron chi connectivity index (χ0n) is 12.1. The van der Waals surface area contributed by atoms with Gasteiger partial charge in [-0.05, 0) is 30.3 Å². The molecule has 4 rings (SSSR count). The van der Waals surface area contributed by atoms with Crippen LogP contribution in [0.25, 0.3) is 10.9 Å². The van der Waals surface area contributed by atoms with E-state index in [1.807, 2.05) is 18.2 Å². The number of ether oxygens (including phenoxy) is 2. The Morgan fingerprint density at radius 3 is 2.78 bits per heavy atom. The van der Waals surface area contributed by atoms with E-state index in [-0.39, 0.29) is 5.91 Å². The van der Waals surface area contributed by atoms with Crippen molar-refractivity contribution in [1.29, 1.82) is 0 Å². The SMILES string of the molecule is O=C(Nc1ccc2c(c1)OCCO2)c1c[nH]c2ccc(Br)cc12. The van der Waals surface area contributed by atoms with E-state index in [2.05, 4.69) is 26.2 Å². The van der Waals surface area contributed by atoms with Gasteiger partial charge in [0.25, 0.3) is 5.91 Å². The third-order valence-corrected chi connectivity index (χ3v) is 4.18. The molecule has 2 N–H and O–H groups in total. The van der Waals surface area contributed by atoms with Crippen molar-refractivity contribution >= 4 is 38.4 Å². The normalized spacial score (nSPS) is 13.1. The Hall–Kier alpha value is -2.47. The number of hydrogen-bond donors (Lipinski definition) is 2. The largest absolute Gasteiger partial charge is 0.486 e. The summed E-state index contributed by atoms with van der Waals surface area (Å²) in [4.78, 5) is 15.7. The van der Waals surface area contributed by atoms with Crippen molar-refractivity contribution in [1.82, 2.24) is 4.98 Å². The highest BCUT2D eigenvalue weighted by molar-refractivity contribution is 9.10. The van der Waals surface area contributed by atoms with E-state index in [1.165, 1.54) is 0 Å². The fourth-order valence-electron chi connectivity index (χ4n) is 2.60. The number of amides is 1. The molecule has 2 aromatic carbocycles. The molecule has 1 amide bonds. The number of carbonyl (C=O) groups is 1. The van der Waals surface area contributed by atoms with Crippen molar-refractivity contribution in [3.8, 4) is 11.5 Å². The van der Waals surface area contributed by atoms with Crippen LogP contribution in [0.15, 0.2) is 47.1 Å². The summed E-state index contributed by atoms with van der Waals surface area (Å²) < 4.78 is 11.9. The van der Waals surface area contributed by atoms with E-state index in [1.54, 1.807) is 24.4 Å². The van der Waals surface area contributed by atoms with E-state index >= 15 is 0 Å². The smallest absolute Gasteiger partial charge is 0.257 e. The molecule has 0 bridgehead atoms. The van der Waals surface area contributed by atoms with E-state index in [4.69, 9.17) is 9.47 Å². The standard InChI is InChI=1S/C17H13BrN2O3/c18-10-1-3-14-12(7-10)13(9-19-14)17(21)20-11-2-4-15-16(8-11)23-6-5-22-15/h1-4,7-9,19H,5-6H2,(H,20,21). The molecule has 0 saturated carbocycles. The molecule has 0 atom stereocenters. The van der Waals surface area contributed by atoms with Gasteiger partial charge < -0.3 is 19.8 Å². The van der Waals surface area contributed by atoms with Gasteiger partial charge in [0.2, 0.25) is 0 Å². The predicted octanol–water partition coefficient (Wildman–Crippen LogP) is 3.95. The molecule has 1 aliphatic heterocycles. The number of halogens is 1. The van der Waals surface area contributed by atoms with Crippen LogP contribution >= 0.6 is 15.9 Å². The van der Waals surface area contributed by atoms with Crippen LogP contribution in [-0.4, -0.2) is 24.1 Å². The number of H-pyrrole nitrogens is 1. The van der Waals surface area contributed by atoms with Gasteiger partial charge in [0, 0.05) is 33.3 Å². The summed E-state index contributed by atoms with van der Waals surface area (Å²) in [7, 11) is 0. The number of aromatic nitrogens is 1. The average molecular weight is 373 g/mol. The van der Waals surface area contributed by atoms with Gasteiger partial charge in [-0.3, -0.25) is 4.79 Å². The topological polar surface area (TPSA) is 63.4 Å². The van der Waals surface area contributed by atoms with Gasteiger partial charge in [-0.2, -0.15) is 0 Å². The second kappa shape index (κ2) is 5.62. The first-order valence-electron chi connectivity index (χ1n) is 7.18. The van der Waals surface area contributed by atoms with Gasteiger partial charge in [0.1, 0.15) is 13.2 Å². The fourth-order valence-corrected chi connectivity index (χ4v) is 2.96. The molecule has 0 spiro atoms. The second-order valence-corrected chi connectivity index (χ2v) is 6.12. The zero-order chi connectivity index (χ0) is 15.8. The number of nitrogens with one attached hydrogen (secondary N) is 2. The van der Waals surface area contributed by atoms with Gasteiger partial charge >= 0.3 is 0 Å². The molecule has 6 heteroatoms. The quantitative estimate of drug-likeness (QED) is 0.715. The van der Waals surface area contributed by atoms with E-state index in [0.29, 0.717) is 36.0 Å². The van der Waals surface area contributed by atoms with Crippen LogP contribution in [-0.2, 0) is 0 Å². The Morgan fingerprint density at radius 1 is 1.09 bits per heavy atom. The van der Waals surface area contributed by atoms with Crippen molar-refractivity contribution in [3.63, 3.8) is 0 Å². The fraction of sp³-hybridized carbons (Fsp3) is 0.118. The Morgan fingerprint density at radius 2 is 1.91 bits per heavy atom. The molecule has 0 fully saturated rings. The molecular formula is C17H13BrN2O3. The summed E-state index contributed by atoms with van der Waals surface area (Å²) in [5.41, 5.74) is 2.18.